The van der Waals surface area contributed by atoms with E-state index in [0.717, 1.165) is 28.9 Å². The fourth-order valence-corrected chi connectivity index (χ4v) is 2.62. The van der Waals surface area contributed by atoms with E-state index in [4.69, 9.17) is 4.74 Å². The molecule has 0 amide bonds. The van der Waals surface area contributed by atoms with E-state index in [2.05, 4.69) is 0 Å². The van der Waals surface area contributed by atoms with Crippen molar-refractivity contribution >= 4 is 0 Å². The summed E-state index contributed by atoms with van der Waals surface area (Å²) in [5, 5.41) is 10.7. The third kappa shape index (κ3) is 2.54. The van der Waals surface area contributed by atoms with Crippen LogP contribution in [0.2, 0.25) is 0 Å². The molecule has 0 saturated carbocycles. The Morgan fingerprint density at radius 1 is 1.20 bits per heavy atom. The van der Waals surface area contributed by atoms with Crippen molar-refractivity contribution in [2.75, 3.05) is 6.61 Å². The highest BCUT2D eigenvalue weighted by Crippen LogP contribution is 2.32. The van der Waals surface area contributed by atoms with Crippen LogP contribution in [-0.2, 0) is 18.4 Å². The molecule has 3 rings (SSSR count). The maximum Gasteiger partial charge on any atom is 0.123 e. The quantitative estimate of drug-likeness (QED) is 0.929. The van der Waals surface area contributed by atoms with Crippen molar-refractivity contribution in [3.63, 3.8) is 0 Å². The van der Waals surface area contributed by atoms with Crippen LogP contribution in [0.5, 0.6) is 5.75 Å². The van der Waals surface area contributed by atoms with E-state index in [1.54, 1.807) is 19.1 Å². The predicted molar refractivity (Wildman–Crippen MR) is 75.3 cm³/mol. The van der Waals surface area contributed by atoms with Crippen LogP contribution in [0.1, 0.15) is 23.6 Å². The largest absolute Gasteiger partial charge is 0.493 e. The Morgan fingerprint density at radius 2 is 1.95 bits per heavy atom. The summed E-state index contributed by atoms with van der Waals surface area (Å²) in [5.41, 5.74) is 1.94. The molecule has 1 aliphatic rings. The summed E-state index contributed by atoms with van der Waals surface area (Å²) in [6.45, 7) is 2.49. The molecule has 3 heteroatoms. The van der Waals surface area contributed by atoms with Crippen molar-refractivity contribution in [2.24, 2.45) is 0 Å². The third-order valence-electron chi connectivity index (χ3n) is 3.77. The second-order valence-corrected chi connectivity index (χ2v) is 5.50. The Morgan fingerprint density at radius 3 is 2.70 bits per heavy atom. The molecule has 0 spiro atoms. The molecule has 0 radical (unpaired) electrons. The van der Waals surface area contributed by atoms with E-state index >= 15 is 0 Å². The van der Waals surface area contributed by atoms with Crippen LogP contribution in [0.4, 0.5) is 4.39 Å². The van der Waals surface area contributed by atoms with Crippen LogP contribution >= 0.6 is 0 Å². The smallest absolute Gasteiger partial charge is 0.123 e. The molecule has 1 atom stereocenters. The van der Waals surface area contributed by atoms with Gasteiger partial charge in [0, 0.05) is 12.8 Å². The van der Waals surface area contributed by atoms with E-state index < -0.39 is 5.60 Å². The van der Waals surface area contributed by atoms with E-state index in [1.165, 1.54) is 12.1 Å². The Kier molecular flexibility index (Phi) is 3.22. The molecule has 1 heterocycles. The van der Waals surface area contributed by atoms with Gasteiger partial charge in [0.15, 0.2) is 0 Å². The molecular weight excluding hydrogens is 255 g/mol. The molecule has 1 N–H and O–H groups in total. The summed E-state index contributed by atoms with van der Waals surface area (Å²) in [4.78, 5) is 0. The lowest BCUT2D eigenvalue weighted by Crippen LogP contribution is -2.24. The van der Waals surface area contributed by atoms with Gasteiger partial charge in [-0.1, -0.05) is 18.2 Å². The molecule has 0 aromatic heterocycles. The van der Waals surface area contributed by atoms with Crippen molar-refractivity contribution in [2.45, 2.75) is 25.4 Å². The maximum atomic E-state index is 12.9. The number of fused-ring (bicyclic) bond motifs is 1. The van der Waals surface area contributed by atoms with Crippen molar-refractivity contribution in [3.8, 4) is 5.75 Å². The Hall–Kier alpha value is -1.87. The maximum absolute atomic E-state index is 12.9. The molecule has 0 aliphatic carbocycles. The molecule has 2 aromatic carbocycles. The van der Waals surface area contributed by atoms with Gasteiger partial charge in [-0.05, 0) is 47.9 Å². The number of aliphatic hydroxyl groups is 1. The van der Waals surface area contributed by atoms with E-state index in [1.807, 2.05) is 18.2 Å². The van der Waals surface area contributed by atoms with Gasteiger partial charge in [-0.3, -0.25) is 0 Å². The summed E-state index contributed by atoms with van der Waals surface area (Å²) < 4.78 is 18.4. The minimum absolute atomic E-state index is 0.261. The third-order valence-corrected chi connectivity index (χ3v) is 3.77. The van der Waals surface area contributed by atoms with Crippen LogP contribution in [0.15, 0.2) is 42.5 Å². The van der Waals surface area contributed by atoms with Crippen molar-refractivity contribution in [1.82, 2.24) is 0 Å². The number of benzene rings is 2. The highest BCUT2D eigenvalue weighted by atomic mass is 19.1. The van der Waals surface area contributed by atoms with Crippen molar-refractivity contribution in [3.05, 3.63) is 65.0 Å². The molecule has 104 valence electrons. The first-order valence-electron chi connectivity index (χ1n) is 6.78. The molecule has 2 nitrogen and oxygen atoms in total. The molecule has 20 heavy (non-hydrogen) atoms. The molecule has 2 aromatic rings. The fraction of sp³-hybridized carbons (Fsp3) is 0.294. The van der Waals surface area contributed by atoms with E-state index in [-0.39, 0.29) is 5.82 Å². The summed E-state index contributed by atoms with van der Waals surface area (Å²) in [5.74, 6) is 0.648. The standard InChI is InChI=1S/C17H17FO2/c1-17(19,11-12-2-5-15(18)6-3-12)14-4-7-16-13(10-14)8-9-20-16/h2-7,10,19H,8-9,11H2,1H3. The summed E-state index contributed by atoms with van der Waals surface area (Å²) in [7, 11) is 0. The lowest BCUT2D eigenvalue weighted by atomic mass is 9.88. The Bertz CT molecular complexity index is 617. The normalized spacial score (nSPS) is 16.4. The van der Waals surface area contributed by atoms with Gasteiger partial charge < -0.3 is 9.84 Å². The zero-order valence-corrected chi connectivity index (χ0v) is 11.4. The van der Waals surface area contributed by atoms with Crippen molar-refractivity contribution < 1.29 is 14.2 Å². The van der Waals surface area contributed by atoms with Gasteiger partial charge >= 0.3 is 0 Å². The van der Waals surface area contributed by atoms with E-state index in [9.17, 15) is 9.50 Å². The first-order chi connectivity index (χ1) is 9.54. The Balaban J connectivity index is 1.85. The highest BCUT2D eigenvalue weighted by molar-refractivity contribution is 5.42. The molecule has 0 bridgehead atoms. The lowest BCUT2D eigenvalue weighted by molar-refractivity contribution is 0.0575. The second kappa shape index (κ2) is 4.91. The van der Waals surface area contributed by atoms with Gasteiger partial charge in [-0.15, -0.1) is 0 Å². The fourth-order valence-electron chi connectivity index (χ4n) is 2.62. The van der Waals surface area contributed by atoms with Gasteiger partial charge in [0.1, 0.15) is 11.6 Å². The highest BCUT2D eigenvalue weighted by Gasteiger charge is 2.25. The van der Waals surface area contributed by atoms with Crippen LogP contribution in [0, 0.1) is 5.82 Å². The molecule has 0 fully saturated rings. The van der Waals surface area contributed by atoms with Crippen LogP contribution in [0.25, 0.3) is 0 Å². The van der Waals surface area contributed by atoms with E-state index in [0.29, 0.717) is 13.0 Å². The minimum Gasteiger partial charge on any atom is -0.493 e. The monoisotopic (exact) mass is 272 g/mol. The topological polar surface area (TPSA) is 29.5 Å². The second-order valence-electron chi connectivity index (χ2n) is 5.50. The average molecular weight is 272 g/mol. The average Bonchev–Trinajstić information content (AvgIpc) is 2.88. The number of hydrogen-bond acceptors (Lipinski definition) is 2. The van der Waals surface area contributed by atoms with Gasteiger partial charge in [0.05, 0.1) is 12.2 Å². The molecular formula is C17H17FO2. The SMILES string of the molecule is CC(O)(Cc1ccc(F)cc1)c1ccc2c(c1)CCO2. The first-order valence-corrected chi connectivity index (χ1v) is 6.78. The predicted octanol–water partition coefficient (Wildman–Crippen LogP) is 3.21. The zero-order chi connectivity index (χ0) is 14.2. The number of hydrogen-bond donors (Lipinski definition) is 1. The number of ether oxygens (including phenoxy) is 1. The molecule has 0 saturated heterocycles. The summed E-state index contributed by atoms with van der Waals surface area (Å²) in [6.07, 6.45) is 1.34. The molecule has 1 aliphatic heterocycles. The lowest BCUT2D eigenvalue weighted by Gasteiger charge is -2.24. The van der Waals surface area contributed by atoms with Crippen LogP contribution < -0.4 is 4.74 Å². The van der Waals surface area contributed by atoms with Gasteiger partial charge in [-0.2, -0.15) is 0 Å². The van der Waals surface area contributed by atoms with Crippen LogP contribution in [-0.4, -0.2) is 11.7 Å². The summed E-state index contributed by atoms with van der Waals surface area (Å²) in [6, 6.07) is 12.1. The number of rotatable bonds is 3. The zero-order valence-electron chi connectivity index (χ0n) is 11.4. The van der Waals surface area contributed by atoms with Gasteiger partial charge in [0.25, 0.3) is 0 Å². The van der Waals surface area contributed by atoms with Gasteiger partial charge in [-0.25, -0.2) is 4.39 Å². The first kappa shape index (κ1) is 13.1. The van der Waals surface area contributed by atoms with Crippen LogP contribution in [0.3, 0.4) is 0 Å². The Labute approximate surface area is 117 Å². The molecule has 1 unspecified atom stereocenters. The summed E-state index contributed by atoms with van der Waals surface area (Å²) >= 11 is 0. The minimum atomic E-state index is -0.977. The van der Waals surface area contributed by atoms with Gasteiger partial charge in [0.2, 0.25) is 0 Å². The van der Waals surface area contributed by atoms with Crippen molar-refractivity contribution in [1.29, 1.82) is 0 Å². The number of halogens is 1.